The minimum Gasteiger partial charge on any atom is -0.437 e. The molecule has 0 aliphatic carbocycles. The Bertz CT molecular complexity index is 1110. The van der Waals surface area contributed by atoms with Gasteiger partial charge in [-0.3, -0.25) is 0 Å². The molecule has 9 heteroatoms. The minimum absolute atomic E-state index is 0.0711. The van der Waals surface area contributed by atoms with E-state index in [0.717, 1.165) is 9.90 Å². The van der Waals surface area contributed by atoms with Crippen molar-refractivity contribution in [2.75, 3.05) is 0 Å². The van der Waals surface area contributed by atoms with Gasteiger partial charge in [0.1, 0.15) is 11.3 Å². The van der Waals surface area contributed by atoms with Crippen molar-refractivity contribution in [1.82, 2.24) is 19.8 Å². The summed E-state index contributed by atoms with van der Waals surface area (Å²) >= 11 is 0. The quantitative estimate of drug-likeness (QED) is 0.537. The first kappa shape index (κ1) is 14.2. The lowest BCUT2D eigenvalue weighted by atomic mass is 10.2. The van der Waals surface area contributed by atoms with E-state index in [0.29, 0.717) is 11.3 Å². The summed E-state index contributed by atoms with van der Waals surface area (Å²) in [5.41, 5.74) is 0.0473. The molecule has 0 bridgehead atoms. The number of hydrogen-bond acceptors (Lipinski definition) is 6. The van der Waals surface area contributed by atoms with Crippen LogP contribution in [0.15, 0.2) is 51.7 Å². The van der Waals surface area contributed by atoms with Crippen molar-refractivity contribution in [3.05, 3.63) is 58.7 Å². The second kappa shape index (κ2) is 5.37. The number of benzene rings is 1. The number of fused-ring (bicyclic) bond motifs is 2. The number of halogens is 2. The number of rotatable bonds is 3. The number of ether oxygens (including phenoxy) is 1. The summed E-state index contributed by atoms with van der Waals surface area (Å²) in [5, 5.41) is 11.7. The third-order valence-corrected chi connectivity index (χ3v) is 3.27. The summed E-state index contributed by atoms with van der Waals surface area (Å²) in [6.07, 6.45) is -2.81. The molecule has 4 aromatic rings. The van der Waals surface area contributed by atoms with Crippen molar-refractivity contribution in [2.45, 2.75) is 6.43 Å². The zero-order valence-electron chi connectivity index (χ0n) is 11.9. The zero-order valence-corrected chi connectivity index (χ0v) is 11.9. The van der Waals surface area contributed by atoms with E-state index in [2.05, 4.69) is 15.3 Å². The van der Waals surface area contributed by atoms with Gasteiger partial charge in [0, 0.05) is 23.6 Å². The number of aromatic nitrogens is 4. The number of nitrogens with zero attached hydrogens (tertiary/aromatic N) is 4. The number of alkyl halides is 2. The van der Waals surface area contributed by atoms with Crippen LogP contribution in [0.3, 0.4) is 0 Å². The molecule has 1 aromatic carbocycles. The van der Waals surface area contributed by atoms with Gasteiger partial charge in [-0.15, -0.1) is 15.3 Å². The van der Waals surface area contributed by atoms with Crippen LogP contribution in [0.2, 0.25) is 0 Å². The van der Waals surface area contributed by atoms with E-state index < -0.39 is 17.9 Å². The van der Waals surface area contributed by atoms with Crippen molar-refractivity contribution < 1.29 is 17.9 Å². The molecule has 0 saturated heterocycles. The second-order valence-corrected chi connectivity index (χ2v) is 4.86. The highest BCUT2D eigenvalue weighted by atomic mass is 19.3. The first-order valence-electron chi connectivity index (χ1n) is 6.82. The Morgan fingerprint density at radius 2 is 1.92 bits per heavy atom. The molecule has 0 saturated carbocycles. The molecular weight excluding hydrogens is 322 g/mol. The van der Waals surface area contributed by atoms with E-state index in [1.54, 1.807) is 18.2 Å². The van der Waals surface area contributed by atoms with Crippen LogP contribution < -0.4 is 10.4 Å². The standard InChI is InChI=1S/C15H8F2N4O3/c16-14(17)15-19-18-11-4-5-12(20-21(11)15)23-9-3-1-8-2-6-13(22)24-10(8)7-9/h1-7,14H. The Balaban J connectivity index is 1.73. The summed E-state index contributed by atoms with van der Waals surface area (Å²) in [4.78, 5) is 11.3. The maximum Gasteiger partial charge on any atom is 0.336 e. The van der Waals surface area contributed by atoms with Gasteiger partial charge in [-0.05, 0) is 24.3 Å². The van der Waals surface area contributed by atoms with Gasteiger partial charge in [0.15, 0.2) is 5.65 Å². The molecule has 24 heavy (non-hydrogen) atoms. The molecule has 0 radical (unpaired) electrons. The lowest BCUT2D eigenvalue weighted by Crippen LogP contribution is -2.01. The largest absolute Gasteiger partial charge is 0.437 e. The average Bonchev–Trinajstić information content (AvgIpc) is 2.98. The average molecular weight is 330 g/mol. The Hall–Kier alpha value is -3.36. The normalized spacial score (nSPS) is 11.5. The van der Waals surface area contributed by atoms with E-state index in [1.807, 2.05) is 0 Å². The van der Waals surface area contributed by atoms with Gasteiger partial charge in [0.05, 0.1) is 0 Å². The molecule has 0 aliphatic heterocycles. The molecule has 3 aromatic heterocycles. The third kappa shape index (κ3) is 2.45. The van der Waals surface area contributed by atoms with Gasteiger partial charge in [-0.25, -0.2) is 13.6 Å². The topological polar surface area (TPSA) is 82.5 Å². The van der Waals surface area contributed by atoms with Crippen LogP contribution in [0.1, 0.15) is 12.2 Å². The molecule has 0 spiro atoms. The Morgan fingerprint density at radius 1 is 1.08 bits per heavy atom. The maximum atomic E-state index is 12.9. The maximum absolute atomic E-state index is 12.9. The van der Waals surface area contributed by atoms with Gasteiger partial charge in [0.25, 0.3) is 6.43 Å². The zero-order chi connectivity index (χ0) is 16.7. The fraction of sp³-hybridized carbons (Fsp3) is 0.0667. The summed E-state index contributed by atoms with van der Waals surface area (Å²) in [6.45, 7) is 0. The lowest BCUT2D eigenvalue weighted by molar-refractivity contribution is 0.137. The van der Waals surface area contributed by atoms with Crippen molar-refractivity contribution in [3.8, 4) is 11.6 Å². The van der Waals surface area contributed by atoms with Crippen LogP contribution in [0, 0.1) is 0 Å². The van der Waals surface area contributed by atoms with Gasteiger partial charge in [-0.2, -0.15) is 4.52 Å². The molecule has 0 unspecified atom stereocenters. The van der Waals surface area contributed by atoms with Crippen molar-refractivity contribution in [2.24, 2.45) is 0 Å². The second-order valence-electron chi connectivity index (χ2n) is 4.86. The fourth-order valence-corrected chi connectivity index (χ4v) is 2.20. The highest BCUT2D eigenvalue weighted by Gasteiger charge is 2.17. The van der Waals surface area contributed by atoms with E-state index >= 15 is 0 Å². The van der Waals surface area contributed by atoms with Crippen LogP contribution in [0.25, 0.3) is 16.6 Å². The molecule has 120 valence electrons. The van der Waals surface area contributed by atoms with Crippen LogP contribution >= 0.6 is 0 Å². The lowest BCUT2D eigenvalue weighted by Gasteiger charge is -2.06. The third-order valence-electron chi connectivity index (χ3n) is 3.27. The fourth-order valence-electron chi connectivity index (χ4n) is 2.20. The monoisotopic (exact) mass is 330 g/mol. The Morgan fingerprint density at radius 3 is 2.75 bits per heavy atom. The molecule has 0 N–H and O–H groups in total. The predicted octanol–water partition coefficient (Wildman–Crippen LogP) is 2.96. The summed E-state index contributed by atoms with van der Waals surface area (Å²) in [5.74, 6) is -0.155. The molecule has 7 nitrogen and oxygen atoms in total. The van der Waals surface area contributed by atoms with Crippen molar-refractivity contribution in [3.63, 3.8) is 0 Å². The van der Waals surface area contributed by atoms with Crippen LogP contribution in [-0.2, 0) is 0 Å². The SMILES string of the molecule is O=c1ccc2ccc(Oc3ccc4nnc(C(F)F)n4n3)cc2o1. The highest BCUT2D eigenvalue weighted by molar-refractivity contribution is 5.77. The molecule has 3 heterocycles. The summed E-state index contributed by atoms with van der Waals surface area (Å²) in [7, 11) is 0. The Labute approximate surface area is 132 Å². The van der Waals surface area contributed by atoms with Gasteiger partial charge in [-0.1, -0.05) is 0 Å². The van der Waals surface area contributed by atoms with Crippen molar-refractivity contribution >= 4 is 16.6 Å². The van der Waals surface area contributed by atoms with Crippen LogP contribution in [0.4, 0.5) is 8.78 Å². The molecule has 4 rings (SSSR count). The molecule has 0 aliphatic rings. The smallest absolute Gasteiger partial charge is 0.336 e. The van der Waals surface area contributed by atoms with Gasteiger partial charge >= 0.3 is 5.63 Å². The van der Waals surface area contributed by atoms with E-state index in [1.165, 1.54) is 24.3 Å². The van der Waals surface area contributed by atoms with E-state index in [4.69, 9.17) is 9.15 Å². The van der Waals surface area contributed by atoms with Gasteiger partial charge < -0.3 is 9.15 Å². The Kier molecular flexibility index (Phi) is 3.19. The predicted molar refractivity (Wildman–Crippen MR) is 78.3 cm³/mol. The first-order valence-corrected chi connectivity index (χ1v) is 6.82. The van der Waals surface area contributed by atoms with Crippen LogP contribution in [-0.4, -0.2) is 19.8 Å². The minimum atomic E-state index is -2.81. The summed E-state index contributed by atoms with van der Waals surface area (Å²) < 4.78 is 37.2. The van der Waals surface area contributed by atoms with Crippen LogP contribution in [0.5, 0.6) is 11.6 Å². The van der Waals surface area contributed by atoms with Gasteiger partial charge in [0.2, 0.25) is 11.7 Å². The van der Waals surface area contributed by atoms with E-state index in [-0.39, 0.29) is 11.5 Å². The highest BCUT2D eigenvalue weighted by Crippen LogP contribution is 2.25. The van der Waals surface area contributed by atoms with E-state index in [9.17, 15) is 13.6 Å². The first-order chi connectivity index (χ1) is 11.6. The molecule has 0 atom stereocenters. The molecule has 0 fully saturated rings. The molecule has 0 amide bonds. The number of hydrogen-bond donors (Lipinski definition) is 0. The summed E-state index contributed by atoms with van der Waals surface area (Å²) in [6, 6.07) is 10.7. The van der Waals surface area contributed by atoms with Crippen molar-refractivity contribution in [1.29, 1.82) is 0 Å². The molecular formula is C15H8F2N4O3.